The van der Waals surface area contributed by atoms with E-state index in [1.807, 2.05) is 12.2 Å². The zero-order valence-electron chi connectivity index (χ0n) is 57.8. The highest BCUT2D eigenvalue weighted by atomic mass is 28.4. The first-order valence-electron chi connectivity index (χ1n) is 31.7. The number of allylic oxidation sites excluding steroid dienone is 3. The Kier molecular flexibility index (Phi) is 33.0. The Morgan fingerprint density at radius 1 is 0.576 bits per heavy atom. The van der Waals surface area contributed by atoms with Crippen LogP contribution < -0.4 is 20.7 Å². The van der Waals surface area contributed by atoms with Gasteiger partial charge in [0.2, 0.25) is 6.08 Å². The molecule has 1 heterocycles. The molecule has 85 heavy (non-hydrogen) atoms. The lowest BCUT2D eigenvalue weighted by atomic mass is 9.86. The molecular weight excluding hydrogens is 1080 g/mol. The number of rotatable bonds is 29. The number of epoxide rings is 1. The van der Waals surface area contributed by atoms with E-state index < -0.39 is 22.7 Å². The van der Waals surface area contributed by atoms with Gasteiger partial charge in [0.25, 0.3) is 16.6 Å². The van der Waals surface area contributed by atoms with Gasteiger partial charge < -0.3 is 32.9 Å². The Morgan fingerprint density at radius 2 is 0.929 bits per heavy atom. The van der Waals surface area contributed by atoms with Crippen LogP contribution in [0, 0.1) is 53.4 Å². The van der Waals surface area contributed by atoms with Crippen LogP contribution in [-0.4, -0.2) is 92.4 Å². The SMILES string of the molecule is C=C(C)C[C@H](C)CO[Si](c1ccccc1)(c1ccccc1)C(C)(C)C.C=C[C@@H](C)C[C@@]1(C)O[C@@H]1[C@H](C)[C@@H](OC)[C@@H](C)O.C=C[C@H](C)[C@@H](OC)C(C)C.CO[C@@H](C(C)C)[C@@H](C)[C+]=C(C)C[C@H](C)CO[Si](c1ccccc1)(c1ccccc1)C(C)(C)C. The second kappa shape index (κ2) is 36.4. The molecule has 1 aliphatic heterocycles. The van der Waals surface area contributed by atoms with Crippen molar-refractivity contribution in [3.8, 4) is 0 Å². The molecular formula is C76H121O7Si2+. The summed E-state index contributed by atoms with van der Waals surface area (Å²) in [5.74, 6) is 3.29. The van der Waals surface area contributed by atoms with E-state index in [1.54, 1.807) is 28.3 Å². The number of benzene rings is 4. The molecule has 4 aromatic carbocycles. The molecule has 9 heteroatoms. The first-order valence-corrected chi connectivity index (χ1v) is 35.5. The van der Waals surface area contributed by atoms with Gasteiger partial charge >= 0.3 is 0 Å². The van der Waals surface area contributed by atoms with E-state index in [-0.39, 0.29) is 45.8 Å². The highest BCUT2D eigenvalue weighted by Gasteiger charge is 2.57. The van der Waals surface area contributed by atoms with Crippen LogP contribution >= 0.6 is 0 Å². The van der Waals surface area contributed by atoms with E-state index in [2.05, 4.69) is 279 Å². The van der Waals surface area contributed by atoms with Crippen molar-refractivity contribution in [2.24, 2.45) is 47.3 Å². The molecule has 5 rings (SSSR count). The lowest BCUT2D eigenvalue weighted by Gasteiger charge is -2.43. The maximum Gasteiger partial charge on any atom is 0.261 e. The molecule has 474 valence electrons. The van der Waals surface area contributed by atoms with Gasteiger partial charge in [0, 0.05) is 59.7 Å². The monoisotopic (exact) mass is 1200 g/mol. The maximum atomic E-state index is 9.66. The number of methoxy groups -OCH3 is 3. The molecule has 1 saturated heterocycles. The normalized spacial score (nSPS) is 19.0. The van der Waals surface area contributed by atoms with Crippen LogP contribution in [0.3, 0.4) is 0 Å². The molecule has 0 amide bonds. The molecule has 0 radical (unpaired) electrons. The summed E-state index contributed by atoms with van der Waals surface area (Å²) in [6.07, 6.45) is 10.6. The maximum absolute atomic E-state index is 9.66. The molecule has 0 spiro atoms. The van der Waals surface area contributed by atoms with Crippen molar-refractivity contribution in [3.63, 3.8) is 0 Å². The fraction of sp³-hybridized carbons (Fsp3) is 0.579. The summed E-state index contributed by atoms with van der Waals surface area (Å²) in [5, 5.41) is 15.1. The van der Waals surface area contributed by atoms with E-state index in [0.29, 0.717) is 41.6 Å². The molecule has 0 aromatic heterocycles. The van der Waals surface area contributed by atoms with Crippen LogP contribution in [0.25, 0.3) is 0 Å². The summed E-state index contributed by atoms with van der Waals surface area (Å²) in [4.78, 5) is 0. The Morgan fingerprint density at radius 3 is 1.20 bits per heavy atom. The van der Waals surface area contributed by atoms with Crippen LogP contribution in [0.5, 0.6) is 0 Å². The van der Waals surface area contributed by atoms with Crippen LogP contribution in [0.15, 0.2) is 164 Å². The van der Waals surface area contributed by atoms with Gasteiger partial charge in [0.1, 0.15) is 6.10 Å². The summed E-state index contributed by atoms with van der Waals surface area (Å²) in [6, 6.07) is 43.4. The van der Waals surface area contributed by atoms with Crippen molar-refractivity contribution in [2.45, 2.75) is 204 Å². The van der Waals surface area contributed by atoms with Gasteiger partial charge in [-0.05, 0) is 101 Å². The van der Waals surface area contributed by atoms with Crippen molar-refractivity contribution in [1.82, 2.24) is 0 Å². The predicted octanol–water partition coefficient (Wildman–Crippen LogP) is 16.7. The zero-order chi connectivity index (χ0) is 64.5. The highest BCUT2D eigenvalue weighted by Crippen LogP contribution is 2.47. The third-order valence-corrected chi connectivity index (χ3v) is 26.9. The lowest BCUT2D eigenvalue weighted by Crippen LogP contribution is -2.66. The summed E-state index contributed by atoms with van der Waals surface area (Å²) < 4.78 is 36.2. The standard InChI is InChI=1S/C30H45O2Si.C23H32OSi.C14H26O3.C9H18O/c1-23(2)29(31-9)26(5)21-24(3)20-25(4)22-32-33(30(6,7)8,27-16-12-10-13-17-27)28-18-14-11-15-19-28;1-19(2)17-20(3)18-24-25(23(4,5)6,21-13-9-7-10-14-21)22-15-11-8-12-16-22;1-7-9(2)8-14(5)13(17-14)10(3)12(16-6)11(4)15;1-6-8(4)9(10-5)7(2)3/h10-19,23,25-26,29H,20,22H2,1-9H3;7-16,20H,1,17-18H2,2-6H3;7,9-13,15H,1,8H2,2-6H3;6-9H,1H2,2-5H3/q+1;;;/t25-,26-,29-;20-;9-,10-,11-,12-,13-,14-;8-,9-/m0010/s1. The first kappa shape index (κ1) is 77.0. The largest absolute Gasteiger partial charge is 0.407 e. The molecule has 1 aliphatic rings. The molecule has 0 unspecified atom stereocenters. The van der Waals surface area contributed by atoms with Gasteiger partial charge in [-0.15, -0.1) is 19.7 Å². The predicted molar refractivity (Wildman–Crippen MR) is 371 cm³/mol. The van der Waals surface area contributed by atoms with Crippen molar-refractivity contribution in [1.29, 1.82) is 0 Å². The fourth-order valence-corrected chi connectivity index (χ4v) is 22.3. The van der Waals surface area contributed by atoms with E-state index in [9.17, 15) is 5.11 Å². The minimum atomic E-state index is -2.48. The molecule has 4 aromatic rings. The first-order chi connectivity index (χ1) is 39.8. The van der Waals surface area contributed by atoms with Crippen LogP contribution in [0.2, 0.25) is 10.1 Å². The number of ether oxygens (including phenoxy) is 4. The van der Waals surface area contributed by atoms with Gasteiger partial charge in [-0.3, -0.25) is 0 Å². The molecule has 1 N–H and O–H groups in total. The number of hydrogen-bond acceptors (Lipinski definition) is 7. The van der Waals surface area contributed by atoms with E-state index in [1.165, 1.54) is 31.9 Å². The van der Waals surface area contributed by atoms with Crippen molar-refractivity contribution in [2.75, 3.05) is 34.5 Å². The van der Waals surface area contributed by atoms with Crippen molar-refractivity contribution >= 4 is 37.4 Å². The third kappa shape index (κ3) is 22.8. The number of aliphatic hydroxyl groups excluding tert-OH is 1. The molecule has 12 atom stereocenters. The lowest BCUT2D eigenvalue weighted by molar-refractivity contribution is -0.0391. The Bertz CT molecular complexity index is 2420. The van der Waals surface area contributed by atoms with Crippen LogP contribution in [0.1, 0.15) is 158 Å². The van der Waals surface area contributed by atoms with Crippen LogP contribution in [0.4, 0.5) is 0 Å². The van der Waals surface area contributed by atoms with Crippen molar-refractivity contribution < 1.29 is 32.9 Å². The van der Waals surface area contributed by atoms with Gasteiger partial charge in [0.15, 0.2) is 11.5 Å². The molecule has 7 nitrogen and oxygen atoms in total. The molecule has 0 bridgehead atoms. The van der Waals surface area contributed by atoms with E-state index in [0.717, 1.165) is 32.5 Å². The second-order valence-electron chi connectivity index (χ2n) is 27.8. The minimum absolute atomic E-state index is 0.00387. The quantitative estimate of drug-likeness (QED) is 0.0251. The van der Waals surface area contributed by atoms with Crippen molar-refractivity contribution in [3.05, 3.63) is 170 Å². The molecule has 0 aliphatic carbocycles. The summed E-state index contributed by atoms with van der Waals surface area (Å²) in [5.41, 5.74) is 2.43. The highest BCUT2D eigenvalue weighted by molar-refractivity contribution is 7.00. The van der Waals surface area contributed by atoms with E-state index in [4.69, 9.17) is 27.8 Å². The Labute approximate surface area is 523 Å². The summed E-state index contributed by atoms with van der Waals surface area (Å²) in [6.45, 7) is 57.1. The van der Waals surface area contributed by atoms with Crippen LogP contribution in [-0.2, 0) is 27.8 Å². The van der Waals surface area contributed by atoms with Gasteiger partial charge in [-0.2, -0.15) is 0 Å². The van der Waals surface area contributed by atoms with E-state index >= 15 is 0 Å². The van der Waals surface area contributed by atoms with Gasteiger partial charge in [-0.25, -0.2) is 0 Å². The summed E-state index contributed by atoms with van der Waals surface area (Å²) in [7, 11) is 0.321. The molecule has 1 fully saturated rings. The third-order valence-electron chi connectivity index (χ3n) is 16.9. The average Bonchev–Trinajstić information content (AvgIpc) is 2.40. The smallest absolute Gasteiger partial charge is 0.261 e. The van der Waals surface area contributed by atoms with Gasteiger partial charge in [-0.1, -0.05) is 243 Å². The number of hydrogen-bond donors (Lipinski definition) is 1. The topological polar surface area (TPSA) is 78.9 Å². The number of aliphatic hydroxyl groups is 1. The molecule has 0 saturated carbocycles. The fourth-order valence-electron chi connectivity index (χ4n) is 12.9. The summed E-state index contributed by atoms with van der Waals surface area (Å²) >= 11 is 0. The Hall–Kier alpha value is -4.10. The second-order valence-corrected chi connectivity index (χ2v) is 36.4. The average molecular weight is 1200 g/mol. The Balaban J connectivity index is 0.000000418. The van der Waals surface area contributed by atoms with Gasteiger partial charge in [0.05, 0.1) is 30.0 Å². The zero-order valence-corrected chi connectivity index (χ0v) is 59.8. The minimum Gasteiger partial charge on any atom is -0.407 e.